The van der Waals surface area contributed by atoms with Gasteiger partial charge in [-0.25, -0.2) is 0 Å². The zero-order valence-corrected chi connectivity index (χ0v) is 12.6. The van der Waals surface area contributed by atoms with Gasteiger partial charge in [0.1, 0.15) is 5.75 Å². The molecule has 1 aromatic heterocycles. The minimum Gasteiger partial charge on any atom is -0.484 e. The van der Waals surface area contributed by atoms with Gasteiger partial charge >= 0.3 is 6.18 Å². The molecular weight excluding hydrogens is 337 g/mol. The maximum absolute atomic E-state index is 12.0. The van der Waals surface area contributed by atoms with Crippen LogP contribution in [0.25, 0.3) is 6.08 Å². The van der Waals surface area contributed by atoms with Crippen molar-refractivity contribution in [3.8, 4) is 5.75 Å². The average Bonchev–Trinajstić information content (AvgIpc) is 2.89. The van der Waals surface area contributed by atoms with Crippen LogP contribution in [-0.4, -0.2) is 18.6 Å². The van der Waals surface area contributed by atoms with E-state index in [1.165, 1.54) is 29.5 Å². The van der Waals surface area contributed by atoms with Crippen LogP contribution < -0.4 is 4.74 Å². The number of benzene rings is 1. The number of ketones is 1. The molecule has 2 rings (SSSR count). The summed E-state index contributed by atoms with van der Waals surface area (Å²) in [6.07, 6.45) is -1.41. The normalized spacial score (nSPS) is 11.8. The molecule has 7 heteroatoms. The third kappa shape index (κ3) is 5.20. The number of carbonyl (C=O) groups excluding carboxylic acids is 1. The molecular formula is C15H10ClF3O2S. The maximum Gasteiger partial charge on any atom is 0.422 e. The lowest BCUT2D eigenvalue weighted by atomic mass is 10.2. The van der Waals surface area contributed by atoms with Gasteiger partial charge in [-0.2, -0.15) is 13.2 Å². The molecule has 0 atom stereocenters. The summed E-state index contributed by atoms with van der Waals surface area (Å²) in [6.45, 7) is -1.33. The van der Waals surface area contributed by atoms with Gasteiger partial charge in [0.25, 0.3) is 0 Å². The first kappa shape index (κ1) is 16.6. The van der Waals surface area contributed by atoms with Crippen LogP contribution in [0.1, 0.15) is 15.2 Å². The van der Waals surface area contributed by atoms with Crippen LogP contribution in [-0.2, 0) is 0 Å². The Kier molecular flexibility index (Phi) is 5.26. The molecule has 0 N–H and O–H groups in total. The molecule has 0 radical (unpaired) electrons. The van der Waals surface area contributed by atoms with E-state index in [0.29, 0.717) is 14.8 Å². The van der Waals surface area contributed by atoms with E-state index in [9.17, 15) is 18.0 Å². The van der Waals surface area contributed by atoms with E-state index in [1.807, 2.05) is 0 Å². The van der Waals surface area contributed by atoms with Gasteiger partial charge in [0, 0.05) is 0 Å². The Morgan fingerprint density at radius 1 is 1.18 bits per heavy atom. The molecule has 0 aliphatic heterocycles. The van der Waals surface area contributed by atoms with E-state index in [1.54, 1.807) is 30.3 Å². The number of hydrogen-bond donors (Lipinski definition) is 0. The quantitative estimate of drug-likeness (QED) is 0.546. The van der Waals surface area contributed by atoms with E-state index in [4.69, 9.17) is 11.6 Å². The highest BCUT2D eigenvalue weighted by Gasteiger charge is 2.28. The number of thiophene rings is 1. The van der Waals surface area contributed by atoms with Crippen molar-refractivity contribution in [3.63, 3.8) is 0 Å². The van der Waals surface area contributed by atoms with Gasteiger partial charge in [0.2, 0.25) is 0 Å². The van der Waals surface area contributed by atoms with Crippen molar-refractivity contribution in [1.82, 2.24) is 0 Å². The van der Waals surface area contributed by atoms with Crippen LogP contribution >= 0.6 is 22.9 Å². The second-order valence-electron chi connectivity index (χ2n) is 4.27. The van der Waals surface area contributed by atoms with Gasteiger partial charge in [-0.15, -0.1) is 11.3 Å². The fourth-order valence-electron chi connectivity index (χ4n) is 1.54. The zero-order chi connectivity index (χ0) is 16.2. The molecule has 0 unspecified atom stereocenters. The number of ether oxygens (including phenoxy) is 1. The summed E-state index contributed by atoms with van der Waals surface area (Å²) in [6, 6.07) is 9.23. The van der Waals surface area contributed by atoms with Crippen molar-refractivity contribution in [2.75, 3.05) is 6.61 Å². The standard InChI is InChI=1S/C15H10ClF3O2S/c16-14-8-7-13(22-14)12(20)6-3-10-1-4-11(5-2-10)21-9-15(17,18)19/h1-8H,9H2. The SMILES string of the molecule is O=C(C=Cc1ccc(OCC(F)(F)F)cc1)c1ccc(Cl)s1. The number of halogens is 4. The monoisotopic (exact) mass is 346 g/mol. The van der Waals surface area contributed by atoms with Crippen LogP contribution in [0.15, 0.2) is 42.5 Å². The molecule has 0 saturated heterocycles. The topological polar surface area (TPSA) is 26.3 Å². The van der Waals surface area contributed by atoms with Crippen LogP contribution in [0, 0.1) is 0 Å². The summed E-state index contributed by atoms with van der Waals surface area (Å²) in [4.78, 5) is 12.3. The molecule has 2 nitrogen and oxygen atoms in total. The molecule has 0 aliphatic rings. The third-order valence-electron chi connectivity index (χ3n) is 2.53. The smallest absolute Gasteiger partial charge is 0.422 e. The Bertz CT molecular complexity index is 675. The summed E-state index contributed by atoms with van der Waals surface area (Å²) in [5.74, 6) is -0.0693. The fourth-order valence-corrected chi connectivity index (χ4v) is 2.50. The minimum absolute atomic E-state index is 0.117. The summed E-state index contributed by atoms with van der Waals surface area (Å²) in [5, 5.41) is 0. The molecule has 0 fully saturated rings. The number of hydrogen-bond acceptors (Lipinski definition) is 3. The van der Waals surface area contributed by atoms with E-state index >= 15 is 0 Å². The Morgan fingerprint density at radius 2 is 1.86 bits per heavy atom. The predicted octanol–water partition coefficient (Wildman–Crippen LogP) is 5.24. The van der Waals surface area contributed by atoms with Gasteiger partial charge in [0.15, 0.2) is 12.4 Å². The van der Waals surface area contributed by atoms with Gasteiger partial charge in [0.05, 0.1) is 9.21 Å². The molecule has 0 amide bonds. The second-order valence-corrected chi connectivity index (χ2v) is 5.99. The lowest BCUT2D eigenvalue weighted by Gasteiger charge is -2.08. The Balaban J connectivity index is 1.96. The van der Waals surface area contributed by atoms with Crippen LogP contribution in [0.4, 0.5) is 13.2 Å². The van der Waals surface area contributed by atoms with Crippen molar-refractivity contribution in [2.24, 2.45) is 0 Å². The van der Waals surface area contributed by atoms with Crippen molar-refractivity contribution in [1.29, 1.82) is 0 Å². The molecule has 0 bridgehead atoms. The highest BCUT2D eigenvalue weighted by atomic mass is 35.5. The van der Waals surface area contributed by atoms with E-state index in [-0.39, 0.29) is 11.5 Å². The molecule has 0 spiro atoms. The summed E-state index contributed by atoms with van der Waals surface area (Å²) in [5.41, 5.74) is 0.676. The van der Waals surface area contributed by atoms with Gasteiger partial charge in [-0.3, -0.25) is 4.79 Å². The van der Waals surface area contributed by atoms with Crippen molar-refractivity contribution in [2.45, 2.75) is 6.18 Å². The number of carbonyl (C=O) groups is 1. The van der Waals surface area contributed by atoms with Crippen LogP contribution in [0.2, 0.25) is 4.34 Å². The molecule has 116 valence electrons. The lowest BCUT2D eigenvalue weighted by Crippen LogP contribution is -2.19. The molecule has 1 aromatic carbocycles. The molecule has 22 heavy (non-hydrogen) atoms. The summed E-state index contributed by atoms with van der Waals surface area (Å²) < 4.78 is 41.2. The zero-order valence-electron chi connectivity index (χ0n) is 11.1. The minimum atomic E-state index is -4.37. The molecule has 0 saturated carbocycles. The lowest BCUT2D eigenvalue weighted by molar-refractivity contribution is -0.153. The first-order valence-corrected chi connectivity index (χ1v) is 7.30. The van der Waals surface area contributed by atoms with E-state index in [0.717, 1.165) is 0 Å². The summed E-state index contributed by atoms with van der Waals surface area (Å²) >= 11 is 6.93. The number of rotatable bonds is 5. The van der Waals surface area contributed by atoms with Crippen molar-refractivity contribution < 1.29 is 22.7 Å². The molecule has 0 aliphatic carbocycles. The Labute approximate surface area is 133 Å². The third-order valence-corrected chi connectivity index (χ3v) is 3.77. The van der Waals surface area contributed by atoms with E-state index in [2.05, 4.69) is 4.74 Å². The second kappa shape index (κ2) is 6.98. The van der Waals surface area contributed by atoms with Crippen molar-refractivity contribution in [3.05, 3.63) is 57.3 Å². The number of alkyl halides is 3. The molecule has 2 aromatic rings. The molecule has 1 heterocycles. The fraction of sp³-hybridized carbons (Fsp3) is 0.133. The van der Waals surface area contributed by atoms with Gasteiger partial charge in [-0.1, -0.05) is 29.8 Å². The summed E-state index contributed by atoms with van der Waals surface area (Å²) in [7, 11) is 0. The van der Waals surface area contributed by atoms with Crippen molar-refractivity contribution >= 4 is 34.8 Å². The van der Waals surface area contributed by atoms with Crippen LogP contribution in [0.3, 0.4) is 0 Å². The van der Waals surface area contributed by atoms with E-state index < -0.39 is 12.8 Å². The highest BCUT2D eigenvalue weighted by molar-refractivity contribution is 7.18. The maximum atomic E-state index is 12.0. The van der Waals surface area contributed by atoms with Gasteiger partial charge in [-0.05, 0) is 35.9 Å². The Hall–Kier alpha value is -1.79. The van der Waals surface area contributed by atoms with Gasteiger partial charge < -0.3 is 4.74 Å². The first-order chi connectivity index (χ1) is 10.3. The first-order valence-electron chi connectivity index (χ1n) is 6.11. The Morgan fingerprint density at radius 3 is 2.41 bits per heavy atom. The van der Waals surface area contributed by atoms with Crippen LogP contribution in [0.5, 0.6) is 5.75 Å². The predicted molar refractivity (Wildman–Crippen MR) is 80.7 cm³/mol. The number of allylic oxidation sites excluding steroid dienone is 1. The average molecular weight is 347 g/mol. The largest absolute Gasteiger partial charge is 0.484 e. The highest BCUT2D eigenvalue weighted by Crippen LogP contribution is 2.23.